The normalized spacial score (nSPS) is 13.7. The summed E-state index contributed by atoms with van der Waals surface area (Å²) in [5, 5.41) is 26.2. The molecule has 3 amide bonds. The first-order valence-corrected chi connectivity index (χ1v) is 10.4. The first kappa shape index (κ1) is 26.2. The summed E-state index contributed by atoms with van der Waals surface area (Å²) in [6, 6.07) is 2.90. The molecule has 0 heterocycles. The van der Waals surface area contributed by atoms with Crippen LogP contribution in [0.1, 0.15) is 25.8 Å². The number of thiol groups is 1. The number of rotatable bonds is 12. The summed E-state index contributed by atoms with van der Waals surface area (Å²) < 4.78 is 0. The van der Waals surface area contributed by atoms with Gasteiger partial charge in [-0.1, -0.05) is 26.0 Å². The number of carbonyl (C=O) groups is 4. The minimum Gasteiger partial charge on any atom is -0.508 e. The predicted molar refractivity (Wildman–Crippen MR) is 118 cm³/mol. The Morgan fingerprint density at radius 2 is 1.65 bits per heavy atom. The number of nitrogens with one attached hydrogen (secondary N) is 3. The van der Waals surface area contributed by atoms with Crippen molar-refractivity contribution in [2.45, 2.75) is 44.8 Å². The SMILES string of the molecule is CC(C)CC(NC(=O)CNC(=O)C(N)CS)C(=O)NC(Cc1ccc(O)cc1)C(=O)O. The number of carboxylic acid groups (broad SMARTS) is 1. The molecule has 0 aliphatic heterocycles. The molecular formula is C20H30N4O6S. The topological polar surface area (TPSA) is 171 Å². The fraction of sp³-hybridized carbons (Fsp3) is 0.500. The van der Waals surface area contributed by atoms with Gasteiger partial charge in [0.1, 0.15) is 17.8 Å². The number of amides is 3. The molecule has 1 aromatic carbocycles. The molecule has 1 rings (SSSR count). The highest BCUT2D eigenvalue weighted by molar-refractivity contribution is 7.80. The van der Waals surface area contributed by atoms with Crippen LogP contribution in [0.15, 0.2) is 24.3 Å². The average molecular weight is 455 g/mol. The molecule has 172 valence electrons. The predicted octanol–water partition coefficient (Wildman–Crippen LogP) is -0.592. The number of carboxylic acids is 1. The van der Waals surface area contributed by atoms with Gasteiger partial charge in [0.2, 0.25) is 17.7 Å². The van der Waals surface area contributed by atoms with Crippen LogP contribution in [0.3, 0.4) is 0 Å². The highest BCUT2D eigenvalue weighted by atomic mass is 32.1. The molecule has 10 nitrogen and oxygen atoms in total. The van der Waals surface area contributed by atoms with Crippen LogP contribution in [-0.4, -0.2) is 64.3 Å². The van der Waals surface area contributed by atoms with Crippen LogP contribution in [0.25, 0.3) is 0 Å². The van der Waals surface area contributed by atoms with E-state index in [1.54, 1.807) is 12.1 Å². The van der Waals surface area contributed by atoms with Gasteiger partial charge in [-0.25, -0.2) is 4.79 Å². The van der Waals surface area contributed by atoms with Gasteiger partial charge in [0, 0.05) is 12.2 Å². The zero-order valence-corrected chi connectivity index (χ0v) is 18.4. The van der Waals surface area contributed by atoms with Gasteiger partial charge in [0.15, 0.2) is 0 Å². The largest absolute Gasteiger partial charge is 0.508 e. The Hall–Kier alpha value is -2.79. The van der Waals surface area contributed by atoms with Gasteiger partial charge >= 0.3 is 5.97 Å². The average Bonchev–Trinajstić information content (AvgIpc) is 2.71. The monoisotopic (exact) mass is 454 g/mol. The quantitative estimate of drug-likeness (QED) is 0.207. The summed E-state index contributed by atoms with van der Waals surface area (Å²) in [6.45, 7) is 3.33. The van der Waals surface area contributed by atoms with Crippen molar-refractivity contribution in [3.8, 4) is 5.75 Å². The van der Waals surface area contributed by atoms with Crippen molar-refractivity contribution in [1.82, 2.24) is 16.0 Å². The van der Waals surface area contributed by atoms with Crippen molar-refractivity contribution in [1.29, 1.82) is 0 Å². The molecule has 7 N–H and O–H groups in total. The van der Waals surface area contributed by atoms with E-state index in [0.29, 0.717) is 5.56 Å². The highest BCUT2D eigenvalue weighted by Crippen LogP contribution is 2.12. The lowest BCUT2D eigenvalue weighted by Gasteiger charge is -2.23. The van der Waals surface area contributed by atoms with Crippen molar-refractivity contribution in [2.75, 3.05) is 12.3 Å². The molecule has 0 aliphatic rings. The summed E-state index contributed by atoms with van der Waals surface area (Å²) in [5.41, 5.74) is 6.13. The third-order valence-corrected chi connectivity index (χ3v) is 4.70. The van der Waals surface area contributed by atoms with E-state index in [1.807, 2.05) is 13.8 Å². The molecule has 0 spiro atoms. The zero-order valence-electron chi connectivity index (χ0n) is 17.5. The van der Waals surface area contributed by atoms with Crippen LogP contribution in [0.5, 0.6) is 5.75 Å². The summed E-state index contributed by atoms with van der Waals surface area (Å²) in [6.07, 6.45) is 0.272. The Labute approximate surface area is 186 Å². The molecule has 3 atom stereocenters. The number of benzene rings is 1. The van der Waals surface area contributed by atoms with E-state index in [-0.39, 0.29) is 36.8 Å². The van der Waals surface area contributed by atoms with Gasteiger partial charge in [-0.15, -0.1) is 0 Å². The number of aromatic hydroxyl groups is 1. The maximum atomic E-state index is 12.7. The zero-order chi connectivity index (χ0) is 23.6. The smallest absolute Gasteiger partial charge is 0.326 e. The van der Waals surface area contributed by atoms with E-state index in [0.717, 1.165) is 0 Å². The Morgan fingerprint density at radius 1 is 1.03 bits per heavy atom. The summed E-state index contributed by atoms with van der Waals surface area (Å²) in [5.74, 6) is -2.84. The molecule has 11 heteroatoms. The van der Waals surface area contributed by atoms with Gasteiger partial charge in [-0.2, -0.15) is 12.6 Å². The van der Waals surface area contributed by atoms with E-state index in [9.17, 15) is 29.4 Å². The number of phenols is 1. The van der Waals surface area contributed by atoms with Crippen LogP contribution in [-0.2, 0) is 25.6 Å². The molecular weight excluding hydrogens is 424 g/mol. The fourth-order valence-electron chi connectivity index (χ4n) is 2.67. The van der Waals surface area contributed by atoms with Gasteiger partial charge in [0.25, 0.3) is 0 Å². The van der Waals surface area contributed by atoms with Crippen LogP contribution in [0.2, 0.25) is 0 Å². The second-order valence-corrected chi connectivity index (χ2v) is 7.89. The molecule has 0 radical (unpaired) electrons. The van der Waals surface area contributed by atoms with E-state index in [4.69, 9.17) is 5.73 Å². The van der Waals surface area contributed by atoms with Gasteiger partial charge in [0.05, 0.1) is 12.6 Å². The molecule has 0 fully saturated rings. The molecule has 0 saturated carbocycles. The minimum atomic E-state index is -1.23. The number of aliphatic carboxylic acids is 1. The summed E-state index contributed by atoms with van der Waals surface area (Å²) >= 11 is 3.91. The Kier molecular flexibility index (Phi) is 10.8. The first-order valence-electron chi connectivity index (χ1n) is 9.78. The van der Waals surface area contributed by atoms with Gasteiger partial charge in [-0.05, 0) is 30.0 Å². The second-order valence-electron chi connectivity index (χ2n) is 7.53. The van der Waals surface area contributed by atoms with E-state index in [1.165, 1.54) is 12.1 Å². The van der Waals surface area contributed by atoms with Crippen LogP contribution in [0.4, 0.5) is 0 Å². The molecule has 3 unspecified atom stereocenters. The Balaban J connectivity index is 2.77. The molecule has 0 aliphatic carbocycles. The molecule has 31 heavy (non-hydrogen) atoms. The Morgan fingerprint density at radius 3 is 2.16 bits per heavy atom. The number of carbonyl (C=O) groups excluding carboxylic acids is 3. The van der Waals surface area contributed by atoms with Crippen LogP contribution >= 0.6 is 12.6 Å². The maximum Gasteiger partial charge on any atom is 0.326 e. The lowest BCUT2D eigenvalue weighted by Crippen LogP contribution is -2.54. The maximum absolute atomic E-state index is 12.7. The first-order chi connectivity index (χ1) is 14.5. The van der Waals surface area contributed by atoms with Crippen molar-refractivity contribution in [3.63, 3.8) is 0 Å². The van der Waals surface area contributed by atoms with Crippen LogP contribution in [0, 0.1) is 5.92 Å². The fourth-order valence-corrected chi connectivity index (χ4v) is 2.84. The van der Waals surface area contributed by atoms with E-state index in [2.05, 4.69) is 28.6 Å². The van der Waals surface area contributed by atoms with Gasteiger partial charge < -0.3 is 31.9 Å². The van der Waals surface area contributed by atoms with Crippen molar-refractivity contribution < 1.29 is 29.4 Å². The van der Waals surface area contributed by atoms with Gasteiger partial charge in [-0.3, -0.25) is 14.4 Å². The lowest BCUT2D eigenvalue weighted by atomic mass is 10.0. The number of hydrogen-bond donors (Lipinski definition) is 7. The molecule has 1 aromatic rings. The lowest BCUT2D eigenvalue weighted by molar-refractivity contribution is -0.142. The van der Waals surface area contributed by atoms with E-state index < -0.39 is 41.8 Å². The Bertz CT molecular complexity index is 771. The van der Waals surface area contributed by atoms with Crippen LogP contribution < -0.4 is 21.7 Å². The highest BCUT2D eigenvalue weighted by Gasteiger charge is 2.27. The third-order valence-electron chi connectivity index (χ3n) is 4.31. The molecule has 0 bridgehead atoms. The number of hydrogen-bond acceptors (Lipinski definition) is 7. The van der Waals surface area contributed by atoms with Crippen molar-refractivity contribution in [3.05, 3.63) is 29.8 Å². The number of phenolic OH excluding ortho intramolecular Hbond substituents is 1. The van der Waals surface area contributed by atoms with E-state index >= 15 is 0 Å². The third kappa shape index (κ3) is 9.71. The summed E-state index contributed by atoms with van der Waals surface area (Å²) in [7, 11) is 0. The number of nitrogens with two attached hydrogens (primary N) is 1. The van der Waals surface area contributed by atoms with Crippen molar-refractivity contribution in [2.24, 2.45) is 11.7 Å². The van der Waals surface area contributed by atoms with Crippen molar-refractivity contribution >= 4 is 36.3 Å². The molecule has 0 aromatic heterocycles. The second kappa shape index (κ2) is 12.8. The standard InChI is InChI=1S/C20H30N4O6S/c1-11(2)7-15(23-17(26)9-22-18(27)14(21)10-31)19(28)24-16(20(29)30)8-12-3-5-13(25)6-4-12/h3-6,11,14-16,25,31H,7-10,21H2,1-2H3,(H,22,27)(H,23,26)(H,24,28)(H,29,30). The molecule has 0 saturated heterocycles. The summed E-state index contributed by atoms with van der Waals surface area (Å²) in [4.78, 5) is 48.2. The minimum absolute atomic E-state index is 0.00136.